The molecule has 3 nitrogen and oxygen atoms in total. The highest BCUT2D eigenvalue weighted by Crippen LogP contribution is 2.23. The molecule has 2 aromatic rings. The Labute approximate surface area is 134 Å². The molecule has 2 N–H and O–H groups in total. The first-order valence-corrected chi connectivity index (χ1v) is 7.76. The van der Waals surface area contributed by atoms with Gasteiger partial charge in [-0.1, -0.05) is 28.1 Å². The smallest absolute Gasteiger partial charge is 0.119 e. The van der Waals surface area contributed by atoms with Crippen molar-refractivity contribution in [2.75, 3.05) is 20.3 Å². The minimum atomic E-state index is 0.633. The Morgan fingerprint density at radius 3 is 2.38 bits per heavy atom. The highest BCUT2D eigenvalue weighted by atomic mass is 79.9. The van der Waals surface area contributed by atoms with Crippen molar-refractivity contribution in [3.05, 3.63) is 58.1 Å². The van der Waals surface area contributed by atoms with Gasteiger partial charge in [0.2, 0.25) is 0 Å². The van der Waals surface area contributed by atoms with Gasteiger partial charge in [-0.25, -0.2) is 0 Å². The molecule has 0 saturated carbocycles. The van der Waals surface area contributed by atoms with Crippen molar-refractivity contribution < 1.29 is 9.47 Å². The zero-order chi connectivity index (χ0) is 15.1. The predicted octanol–water partition coefficient (Wildman–Crippen LogP) is 3.58. The first-order chi connectivity index (χ1) is 10.2. The van der Waals surface area contributed by atoms with Crippen molar-refractivity contribution >= 4 is 15.9 Å². The van der Waals surface area contributed by atoms with Crippen LogP contribution in [0.1, 0.15) is 11.1 Å². The lowest BCUT2D eigenvalue weighted by atomic mass is 10.1. The van der Waals surface area contributed by atoms with Crippen LogP contribution in [0.4, 0.5) is 0 Å². The van der Waals surface area contributed by atoms with Crippen molar-refractivity contribution in [2.24, 2.45) is 5.73 Å². The molecule has 0 heterocycles. The Morgan fingerprint density at radius 1 is 1.00 bits per heavy atom. The van der Waals surface area contributed by atoms with Crippen LogP contribution < -0.4 is 15.2 Å². The Morgan fingerprint density at radius 2 is 1.71 bits per heavy atom. The van der Waals surface area contributed by atoms with Gasteiger partial charge < -0.3 is 15.2 Å². The molecule has 0 radical (unpaired) electrons. The van der Waals surface area contributed by atoms with E-state index in [4.69, 9.17) is 15.2 Å². The van der Waals surface area contributed by atoms with Crippen molar-refractivity contribution in [2.45, 2.75) is 12.8 Å². The SMILES string of the molecule is COc1ccc(CCOc2ccc(Br)c(CCN)c2)cc1. The Hall–Kier alpha value is -1.52. The topological polar surface area (TPSA) is 44.5 Å². The minimum Gasteiger partial charge on any atom is -0.497 e. The van der Waals surface area contributed by atoms with E-state index < -0.39 is 0 Å². The van der Waals surface area contributed by atoms with Crippen LogP contribution in [0.2, 0.25) is 0 Å². The van der Waals surface area contributed by atoms with Gasteiger partial charge >= 0.3 is 0 Å². The van der Waals surface area contributed by atoms with Crippen LogP contribution in [0, 0.1) is 0 Å². The van der Waals surface area contributed by atoms with Gasteiger partial charge in [-0.2, -0.15) is 0 Å². The van der Waals surface area contributed by atoms with Gasteiger partial charge in [0.05, 0.1) is 13.7 Å². The van der Waals surface area contributed by atoms with Crippen molar-refractivity contribution in [1.82, 2.24) is 0 Å². The first kappa shape index (κ1) is 15.9. The number of nitrogens with two attached hydrogens (primary N) is 1. The number of methoxy groups -OCH3 is 1. The minimum absolute atomic E-state index is 0.633. The van der Waals surface area contributed by atoms with E-state index in [2.05, 4.69) is 28.1 Å². The Balaban J connectivity index is 1.89. The fourth-order valence-electron chi connectivity index (χ4n) is 2.07. The van der Waals surface area contributed by atoms with E-state index in [1.54, 1.807) is 7.11 Å². The van der Waals surface area contributed by atoms with Gasteiger partial charge in [0, 0.05) is 10.9 Å². The molecule has 2 aromatic carbocycles. The van der Waals surface area contributed by atoms with Crippen LogP contribution in [-0.4, -0.2) is 20.3 Å². The van der Waals surface area contributed by atoms with E-state index >= 15 is 0 Å². The van der Waals surface area contributed by atoms with E-state index in [0.717, 1.165) is 28.8 Å². The fourth-order valence-corrected chi connectivity index (χ4v) is 2.51. The summed E-state index contributed by atoms with van der Waals surface area (Å²) in [6, 6.07) is 14.1. The summed E-state index contributed by atoms with van der Waals surface area (Å²) in [6.07, 6.45) is 1.71. The van der Waals surface area contributed by atoms with E-state index in [9.17, 15) is 0 Å². The third-order valence-electron chi connectivity index (χ3n) is 3.25. The summed E-state index contributed by atoms with van der Waals surface area (Å²) < 4.78 is 12.0. The second-order valence-corrected chi connectivity index (χ2v) is 5.59. The molecule has 112 valence electrons. The summed E-state index contributed by atoms with van der Waals surface area (Å²) in [5, 5.41) is 0. The summed E-state index contributed by atoms with van der Waals surface area (Å²) in [5.74, 6) is 1.76. The van der Waals surface area contributed by atoms with E-state index in [-0.39, 0.29) is 0 Å². The van der Waals surface area contributed by atoms with Crippen molar-refractivity contribution in [1.29, 1.82) is 0 Å². The number of hydrogen-bond donors (Lipinski definition) is 1. The average molecular weight is 350 g/mol. The molecule has 0 saturated heterocycles. The maximum atomic E-state index is 5.82. The molecule has 0 aliphatic rings. The lowest BCUT2D eigenvalue weighted by Crippen LogP contribution is -2.05. The molecule has 0 aliphatic heterocycles. The fraction of sp³-hybridized carbons (Fsp3) is 0.294. The third-order valence-corrected chi connectivity index (χ3v) is 4.02. The number of hydrogen-bond acceptors (Lipinski definition) is 3. The summed E-state index contributed by atoms with van der Waals surface area (Å²) >= 11 is 3.53. The Bertz CT molecular complexity index is 570. The highest BCUT2D eigenvalue weighted by Gasteiger charge is 2.02. The second-order valence-electron chi connectivity index (χ2n) is 4.74. The van der Waals surface area contributed by atoms with Gasteiger partial charge in [-0.05, 0) is 54.4 Å². The van der Waals surface area contributed by atoms with E-state index in [1.165, 1.54) is 11.1 Å². The normalized spacial score (nSPS) is 10.4. The van der Waals surface area contributed by atoms with Crippen LogP contribution in [0.25, 0.3) is 0 Å². The summed E-state index contributed by atoms with van der Waals surface area (Å²) in [7, 11) is 1.67. The molecule has 0 fully saturated rings. The third kappa shape index (κ3) is 4.76. The van der Waals surface area contributed by atoms with Gasteiger partial charge in [-0.3, -0.25) is 0 Å². The molecule has 0 unspecified atom stereocenters. The lowest BCUT2D eigenvalue weighted by molar-refractivity contribution is 0.321. The first-order valence-electron chi connectivity index (χ1n) is 6.97. The van der Waals surface area contributed by atoms with Crippen molar-refractivity contribution in [3.63, 3.8) is 0 Å². The standard InChI is InChI=1S/C17H20BrNO2/c1-20-15-4-2-13(3-5-15)9-11-21-16-6-7-17(18)14(12-16)8-10-19/h2-7,12H,8-11,19H2,1H3. The molecule has 0 atom stereocenters. The second kappa shape index (κ2) is 8.05. The molecular formula is C17H20BrNO2. The molecule has 0 aliphatic carbocycles. The molecule has 21 heavy (non-hydrogen) atoms. The molecule has 0 spiro atoms. The van der Waals surface area contributed by atoms with Gasteiger partial charge in [-0.15, -0.1) is 0 Å². The number of ether oxygens (including phenoxy) is 2. The van der Waals surface area contributed by atoms with Crippen LogP contribution in [0.5, 0.6) is 11.5 Å². The zero-order valence-electron chi connectivity index (χ0n) is 12.1. The highest BCUT2D eigenvalue weighted by molar-refractivity contribution is 9.10. The molecule has 0 aromatic heterocycles. The number of halogens is 1. The number of benzene rings is 2. The summed E-state index contributed by atoms with van der Waals surface area (Å²) in [6.45, 7) is 1.28. The molecule has 0 bridgehead atoms. The van der Waals surface area contributed by atoms with Gasteiger partial charge in [0.1, 0.15) is 11.5 Å². The monoisotopic (exact) mass is 349 g/mol. The Kier molecular flexibility index (Phi) is 6.08. The molecule has 2 rings (SSSR count). The summed E-state index contributed by atoms with van der Waals surface area (Å²) in [5.41, 5.74) is 8.02. The van der Waals surface area contributed by atoms with Gasteiger partial charge in [0.15, 0.2) is 0 Å². The van der Waals surface area contributed by atoms with Crippen molar-refractivity contribution in [3.8, 4) is 11.5 Å². The maximum Gasteiger partial charge on any atom is 0.119 e. The quantitative estimate of drug-likeness (QED) is 0.830. The zero-order valence-corrected chi connectivity index (χ0v) is 13.7. The van der Waals surface area contributed by atoms with Crippen LogP contribution in [0.3, 0.4) is 0 Å². The van der Waals surface area contributed by atoms with Crippen LogP contribution >= 0.6 is 15.9 Å². The predicted molar refractivity (Wildman–Crippen MR) is 89.1 cm³/mol. The van der Waals surface area contributed by atoms with E-state index in [1.807, 2.05) is 30.3 Å². The number of rotatable bonds is 7. The van der Waals surface area contributed by atoms with Crippen LogP contribution in [-0.2, 0) is 12.8 Å². The average Bonchev–Trinajstić information content (AvgIpc) is 2.51. The van der Waals surface area contributed by atoms with Crippen LogP contribution in [0.15, 0.2) is 46.9 Å². The molecule has 0 amide bonds. The lowest BCUT2D eigenvalue weighted by Gasteiger charge is -2.10. The molecule has 4 heteroatoms. The van der Waals surface area contributed by atoms with Gasteiger partial charge in [0.25, 0.3) is 0 Å². The summed E-state index contributed by atoms with van der Waals surface area (Å²) in [4.78, 5) is 0. The molecular weight excluding hydrogens is 330 g/mol. The van der Waals surface area contributed by atoms with E-state index in [0.29, 0.717) is 13.2 Å². The largest absolute Gasteiger partial charge is 0.497 e. The maximum absolute atomic E-state index is 5.82.